The second-order valence-electron chi connectivity index (χ2n) is 3.30. The summed E-state index contributed by atoms with van der Waals surface area (Å²) in [5, 5.41) is 7.90. The average Bonchev–Trinajstić information content (AvgIpc) is 2.36. The van der Waals surface area contributed by atoms with E-state index in [1.807, 2.05) is 0 Å². The van der Waals surface area contributed by atoms with Gasteiger partial charge in [0.25, 0.3) is 5.91 Å². The average molecular weight is 321 g/mol. The van der Waals surface area contributed by atoms with Gasteiger partial charge in [0.15, 0.2) is 17.5 Å². The number of hydrogen-bond donors (Lipinski definition) is 2. The molecule has 0 saturated carbocycles. The lowest BCUT2D eigenvalue weighted by Gasteiger charge is -2.08. The first kappa shape index (κ1) is 12.8. The van der Waals surface area contributed by atoms with Crippen molar-refractivity contribution in [2.45, 2.75) is 0 Å². The second-order valence-corrected chi connectivity index (χ2v) is 4.16. The number of fused-ring (bicyclic) bond motifs is 1. The Kier molecular flexibility index (Phi) is 3.22. The smallest absolute Gasteiger partial charge is 0.288 e. The molecule has 18 heavy (non-hydrogen) atoms. The summed E-state index contributed by atoms with van der Waals surface area (Å²) in [4.78, 5) is 14.8. The van der Waals surface area contributed by atoms with Crippen LogP contribution in [0.25, 0.3) is 10.8 Å². The van der Waals surface area contributed by atoms with Crippen LogP contribution in [0.2, 0.25) is 0 Å². The maximum absolute atomic E-state index is 13.7. The molecule has 0 aliphatic rings. The van der Waals surface area contributed by atoms with E-state index in [1.165, 1.54) is 5.48 Å². The van der Waals surface area contributed by atoms with Crippen LogP contribution in [0.5, 0.6) is 0 Å². The van der Waals surface area contributed by atoms with Gasteiger partial charge >= 0.3 is 0 Å². The molecule has 2 rings (SSSR count). The Morgan fingerprint density at radius 2 is 2.00 bits per heavy atom. The zero-order valence-corrected chi connectivity index (χ0v) is 10.1. The van der Waals surface area contributed by atoms with E-state index in [1.54, 1.807) is 0 Å². The van der Waals surface area contributed by atoms with E-state index in [0.29, 0.717) is 0 Å². The molecule has 1 heterocycles. The summed E-state index contributed by atoms with van der Waals surface area (Å²) in [5.41, 5.74) is 0.706. The Hall–Kier alpha value is -1.67. The van der Waals surface area contributed by atoms with Crippen molar-refractivity contribution in [3.05, 3.63) is 39.9 Å². The van der Waals surface area contributed by atoms with Crippen molar-refractivity contribution in [2.24, 2.45) is 0 Å². The van der Waals surface area contributed by atoms with E-state index in [2.05, 4.69) is 20.9 Å². The number of hydroxylamine groups is 1. The third-order valence-corrected chi connectivity index (χ3v) is 2.91. The van der Waals surface area contributed by atoms with E-state index in [-0.39, 0.29) is 9.86 Å². The van der Waals surface area contributed by atoms with Crippen molar-refractivity contribution in [1.29, 1.82) is 0 Å². The molecule has 4 nitrogen and oxygen atoms in total. The second kappa shape index (κ2) is 4.54. The molecule has 0 spiro atoms. The van der Waals surface area contributed by atoms with Crippen LogP contribution in [0.4, 0.5) is 13.2 Å². The fraction of sp³-hybridized carbons (Fsp3) is 0. The minimum Gasteiger partial charge on any atom is -0.288 e. The van der Waals surface area contributed by atoms with Crippen molar-refractivity contribution in [3.63, 3.8) is 0 Å². The highest BCUT2D eigenvalue weighted by molar-refractivity contribution is 9.10. The molecular weight excluding hydrogens is 317 g/mol. The summed E-state index contributed by atoms with van der Waals surface area (Å²) in [5.74, 6) is -5.77. The lowest BCUT2D eigenvalue weighted by molar-refractivity contribution is 0.0702. The molecule has 0 fully saturated rings. The van der Waals surface area contributed by atoms with Crippen molar-refractivity contribution in [3.8, 4) is 0 Å². The van der Waals surface area contributed by atoms with Crippen molar-refractivity contribution in [1.82, 2.24) is 10.5 Å². The van der Waals surface area contributed by atoms with Gasteiger partial charge in [0.2, 0.25) is 0 Å². The summed E-state index contributed by atoms with van der Waals surface area (Å²) in [6.45, 7) is 0. The Morgan fingerprint density at radius 1 is 1.33 bits per heavy atom. The Balaban J connectivity index is 2.96. The van der Waals surface area contributed by atoms with Gasteiger partial charge in [-0.3, -0.25) is 10.0 Å². The zero-order chi connectivity index (χ0) is 13.4. The molecule has 0 aliphatic heterocycles. The van der Waals surface area contributed by atoms with Gasteiger partial charge in [-0.15, -0.1) is 0 Å². The SMILES string of the molecule is O=C(NO)c1ncc(Br)c2cc(F)c(F)c(F)c12. The number of carbonyl (C=O) groups is 1. The first-order chi connectivity index (χ1) is 8.47. The highest BCUT2D eigenvalue weighted by Crippen LogP contribution is 2.30. The number of pyridine rings is 1. The van der Waals surface area contributed by atoms with E-state index >= 15 is 0 Å². The lowest BCUT2D eigenvalue weighted by atomic mass is 10.1. The van der Waals surface area contributed by atoms with Crippen LogP contribution < -0.4 is 5.48 Å². The van der Waals surface area contributed by atoms with Crippen LogP contribution in [0.15, 0.2) is 16.7 Å². The number of nitrogens with zero attached hydrogens (tertiary/aromatic N) is 1. The molecule has 0 atom stereocenters. The largest absolute Gasteiger partial charge is 0.293 e. The minimum absolute atomic E-state index is 0.0694. The van der Waals surface area contributed by atoms with Gasteiger partial charge in [0, 0.05) is 16.1 Å². The molecule has 0 bridgehead atoms. The van der Waals surface area contributed by atoms with Crippen LogP contribution >= 0.6 is 15.9 Å². The summed E-state index contributed by atoms with van der Waals surface area (Å²) in [6.07, 6.45) is 1.11. The van der Waals surface area contributed by atoms with Crippen LogP contribution in [0, 0.1) is 17.5 Å². The number of nitrogens with one attached hydrogen (secondary N) is 1. The van der Waals surface area contributed by atoms with Crippen LogP contribution in [-0.4, -0.2) is 16.1 Å². The molecule has 94 valence electrons. The van der Waals surface area contributed by atoms with Crippen LogP contribution in [0.1, 0.15) is 10.5 Å². The van der Waals surface area contributed by atoms with Gasteiger partial charge in [-0.1, -0.05) is 0 Å². The summed E-state index contributed by atoms with van der Waals surface area (Å²) >= 11 is 2.98. The molecule has 1 aromatic heterocycles. The first-order valence-electron chi connectivity index (χ1n) is 4.53. The van der Waals surface area contributed by atoms with Gasteiger partial charge in [-0.25, -0.2) is 23.6 Å². The lowest BCUT2D eigenvalue weighted by Crippen LogP contribution is -2.21. The maximum atomic E-state index is 13.7. The van der Waals surface area contributed by atoms with E-state index in [4.69, 9.17) is 5.21 Å². The molecule has 8 heteroatoms. The van der Waals surface area contributed by atoms with E-state index < -0.39 is 34.4 Å². The van der Waals surface area contributed by atoms with Crippen LogP contribution in [-0.2, 0) is 0 Å². The van der Waals surface area contributed by atoms with Gasteiger partial charge < -0.3 is 0 Å². The third-order valence-electron chi connectivity index (χ3n) is 2.28. The predicted molar refractivity (Wildman–Crippen MR) is 58.6 cm³/mol. The summed E-state index contributed by atoms with van der Waals surface area (Å²) in [7, 11) is 0. The quantitative estimate of drug-likeness (QED) is 0.482. The summed E-state index contributed by atoms with van der Waals surface area (Å²) in [6, 6.07) is 0.730. The molecule has 1 amide bonds. The molecule has 0 radical (unpaired) electrons. The Bertz CT molecular complexity index is 663. The van der Waals surface area contributed by atoms with Crippen molar-refractivity contribution >= 4 is 32.6 Å². The minimum atomic E-state index is -1.71. The molecular formula is C10H4BrF3N2O2. The monoisotopic (exact) mass is 320 g/mol. The topological polar surface area (TPSA) is 62.2 Å². The number of rotatable bonds is 1. The molecule has 0 saturated heterocycles. The van der Waals surface area contributed by atoms with Crippen molar-refractivity contribution in [2.75, 3.05) is 0 Å². The molecule has 1 aromatic carbocycles. The molecule has 0 aliphatic carbocycles. The molecule has 2 N–H and O–H groups in total. The summed E-state index contributed by atoms with van der Waals surface area (Å²) < 4.78 is 40.1. The maximum Gasteiger partial charge on any atom is 0.293 e. The highest BCUT2D eigenvalue weighted by Gasteiger charge is 2.22. The number of aromatic nitrogens is 1. The standard InChI is InChI=1S/C10H4BrF3N2O2/c11-4-2-15-9(10(17)16-18)6-3(4)1-5(12)7(13)8(6)14/h1-2,18H,(H,16,17). The predicted octanol–water partition coefficient (Wildman–Crippen LogP) is 2.53. The van der Waals surface area contributed by atoms with Crippen LogP contribution in [0.3, 0.4) is 0 Å². The van der Waals surface area contributed by atoms with E-state index in [9.17, 15) is 18.0 Å². The molecule has 0 unspecified atom stereocenters. The first-order valence-corrected chi connectivity index (χ1v) is 5.32. The number of carbonyl (C=O) groups excluding carboxylic acids is 1. The highest BCUT2D eigenvalue weighted by atomic mass is 79.9. The van der Waals surface area contributed by atoms with Crippen molar-refractivity contribution < 1.29 is 23.2 Å². The zero-order valence-electron chi connectivity index (χ0n) is 8.47. The van der Waals surface area contributed by atoms with E-state index in [0.717, 1.165) is 12.3 Å². The fourth-order valence-electron chi connectivity index (χ4n) is 1.50. The third kappa shape index (κ3) is 1.83. The number of hydrogen-bond acceptors (Lipinski definition) is 3. The fourth-order valence-corrected chi connectivity index (χ4v) is 1.91. The molecule has 2 aromatic rings. The van der Waals surface area contributed by atoms with Gasteiger partial charge in [-0.2, -0.15) is 0 Å². The number of benzene rings is 1. The Labute approximate surface area is 107 Å². The normalized spacial score (nSPS) is 10.7. The number of amides is 1. The van der Waals surface area contributed by atoms with Gasteiger partial charge in [-0.05, 0) is 22.0 Å². The number of halogens is 4. The Morgan fingerprint density at radius 3 is 2.61 bits per heavy atom. The van der Waals surface area contributed by atoms with Gasteiger partial charge in [0.05, 0.1) is 5.39 Å². The van der Waals surface area contributed by atoms with Gasteiger partial charge in [0.1, 0.15) is 5.69 Å².